The maximum absolute atomic E-state index is 12.4. The molecule has 0 radical (unpaired) electrons. The first-order valence-corrected chi connectivity index (χ1v) is 8.74. The predicted molar refractivity (Wildman–Crippen MR) is 97.9 cm³/mol. The first kappa shape index (κ1) is 17.5. The zero-order valence-corrected chi connectivity index (χ0v) is 14.3. The van der Waals surface area contributed by atoms with Crippen LogP contribution in [-0.4, -0.2) is 37.0 Å². The Kier molecular flexibility index (Phi) is 7.08. The van der Waals surface area contributed by atoms with Crippen LogP contribution >= 0.6 is 0 Å². The highest BCUT2D eigenvalue weighted by atomic mass is 16.1. The minimum absolute atomic E-state index is 0.0329. The van der Waals surface area contributed by atoms with Crippen LogP contribution in [0.15, 0.2) is 42.5 Å². The summed E-state index contributed by atoms with van der Waals surface area (Å²) in [5.41, 5.74) is 0.770. The van der Waals surface area contributed by atoms with E-state index in [9.17, 15) is 4.79 Å². The quantitative estimate of drug-likeness (QED) is 0.708. The number of hydrogen-bond acceptors (Lipinski definition) is 2. The van der Waals surface area contributed by atoms with Gasteiger partial charge in [0.1, 0.15) is 0 Å². The predicted octanol–water partition coefficient (Wildman–Crippen LogP) is 4.08. The number of unbranched alkanes of at least 4 members (excludes halogenated alkanes) is 2. The van der Waals surface area contributed by atoms with Crippen LogP contribution in [0.3, 0.4) is 0 Å². The molecule has 1 amide bonds. The van der Waals surface area contributed by atoms with Gasteiger partial charge in [0.2, 0.25) is 0 Å². The molecule has 0 heterocycles. The van der Waals surface area contributed by atoms with Gasteiger partial charge in [0.25, 0.3) is 5.91 Å². The lowest BCUT2D eigenvalue weighted by Gasteiger charge is -2.17. The highest BCUT2D eigenvalue weighted by Gasteiger charge is 2.08. The van der Waals surface area contributed by atoms with Gasteiger partial charge in [0.15, 0.2) is 0 Å². The van der Waals surface area contributed by atoms with E-state index in [4.69, 9.17) is 0 Å². The Morgan fingerprint density at radius 3 is 2.48 bits per heavy atom. The van der Waals surface area contributed by atoms with Crippen molar-refractivity contribution in [1.82, 2.24) is 10.2 Å². The Morgan fingerprint density at radius 2 is 1.70 bits per heavy atom. The minimum atomic E-state index is 0.0329. The molecule has 0 saturated carbocycles. The lowest BCUT2D eigenvalue weighted by molar-refractivity contribution is 0.0954. The summed E-state index contributed by atoms with van der Waals surface area (Å²) in [7, 11) is 0. The molecule has 0 atom stereocenters. The van der Waals surface area contributed by atoms with Gasteiger partial charge in [-0.1, -0.05) is 56.7 Å². The third-order valence-electron chi connectivity index (χ3n) is 4.37. The van der Waals surface area contributed by atoms with Gasteiger partial charge in [-0.3, -0.25) is 4.79 Å². The fourth-order valence-corrected chi connectivity index (χ4v) is 2.90. The van der Waals surface area contributed by atoms with Gasteiger partial charge in [0, 0.05) is 12.1 Å². The van der Waals surface area contributed by atoms with Crippen molar-refractivity contribution in [2.24, 2.45) is 0 Å². The van der Waals surface area contributed by atoms with Crippen LogP contribution in [0.25, 0.3) is 10.8 Å². The van der Waals surface area contributed by atoms with E-state index < -0.39 is 0 Å². The lowest BCUT2D eigenvalue weighted by Crippen LogP contribution is -2.26. The monoisotopic (exact) mass is 312 g/mol. The molecular formula is C20H28N2O. The van der Waals surface area contributed by atoms with Gasteiger partial charge < -0.3 is 10.2 Å². The Balaban J connectivity index is 1.77. The molecule has 23 heavy (non-hydrogen) atoms. The number of rotatable bonds is 9. The van der Waals surface area contributed by atoms with Crippen molar-refractivity contribution in [2.75, 3.05) is 26.2 Å². The zero-order valence-electron chi connectivity index (χ0n) is 14.3. The second-order valence-electron chi connectivity index (χ2n) is 5.87. The van der Waals surface area contributed by atoms with Crippen LogP contribution in [0.1, 0.15) is 43.5 Å². The molecule has 0 bridgehead atoms. The molecule has 2 rings (SSSR count). The van der Waals surface area contributed by atoms with E-state index in [1.54, 1.807) is 0 Å². The molecule has 0 spiro atoms. The topological polar surface area (TPSA) is 32.3 Å². The highest BCUT2D eigenvalue weighted by Crippen LogP contribution is 2.18. The molecule has 0 aliphatic heterocycles. The molecule has 2 aromatic rings. The molecule has 0 saturated heterocycles. The first-order chi connectivity index (χ1) is 11.3. The summed E-state index contributed by atoms with van der Waals surface area (Å²) < 4.78 is 0. The van der Waals surface area contributed by atoms with E-state index in [-0.39, 0.29) is 5.91 Å². The number of nitrogens with zero attached hydrogens (tertiary/aromatic N) is 1. The summed E-state index contributed by atoms with van der Waals surface area (Å²) >= 11 is 0. The number of amides is 1. The molecule has 1 N–H and O–H groups in total. The number of fused-ring (bicyclic) bond motifs is 1. The molecule has 2 aromatic carbocycles. The molecule has 0 fully saturated rings. The van der Waals surface area contributed by atoms with E-state index in [2.05, 4.69) is 24.1 Å². The minimum Gasteiger partial charge on any atom is -0.352 e. The van der Waals surface area contributed by atoms with Crippen molar-refractivity contribution in [2.45, 2.75) is 33.1 Å². The van der Waals surface area contributed by atoms with Crippen molar-refractivity contribution >= 4 is 16.7 Å². The van der Waals surface area contributed by atoms with Crippen LogP contribution < -0.4 is 5.32 Å². The van der Waals surface area contributed by atoms with Crippen LogP contribution in [0.2, 0.25) is 0 Å². The molecule has 124 valence electrons. The smallest absolute Gasteiger partial charge is 0.251 e. The Hall–Kier alpha value is -1.87. The maximum atomic E-state index is 12.4. The van der Waals surface area contributed by atoms with Crippen LogP contribution in [-0.2, 0) is 0 Å². The molecule has 0 aliphatic rings. The second-order valence-corrected chi connectivity index (χ2v) is 5.87. The standard InChI is InChI=1S/C20H28N2O/c1-3-22(4-2)16-9-5-8-15-21-20(23)19-14-10-12-17-11-6-7-13-18(17)19/h6-7,10-14H,3-5,8-9,15-16H2,1-2H3,(H,21,23). The number of nitrogens with one attached hydrogen (secondary N) is 1. The SMILES string of the molecule is CCN(CC)CCCCCNC(=O)c1cccc2ccccc12. The summed E-state index contributed by atoms with van der Waals surface area (Å²) in [4.78, 5) is 14.8. The molecule has 3 nitrogen and oxygen atoms in total. The molecule has 0 aromatic heterocycles. The van der Waals surface area contributed by atoms with E-state index in [0.29, 0.717) is 0 Å². The molecular weight excluding hydrogens is 284 g/mol. The largest absolute Gasteiger partial charge is 0.352 e. The van der Waals surface area contributed by atoms with Crippen molar-refractivity contribution in [3.8, 4) is 0 Å². The van der Waals surface area contributed by atoms with Gasteiger partial charge in [-0.05, 0) is 49.3 Å². The lowest BCUT2D eigenvalue weighted by atomic mass is 10.0. The fourth-order valence-electron chi connectivity index (χ4n) is 2.90. The number of carbonyl (C=O) groups excluding carboxylic acids is 1. The number of carbonyl (C=O) groups is 1. The average Bonchev–Trinajstić information content (AvgIpc) is 2.60. The van der Waals surface area contributed by atoms with E-state index >= 15 is 0 Å². The number of hydrogen-bond donors (Lipinski definition) is 1. The van der Waals surface area contributed by atoms with Crippen molar-refractivity contribution in [1.29, 1.82) is 0 Å². The Morgan fingerprint density at radius 1 is 0.957 bits per heavy atom. The highest BCUT2D eigenvalue weighted by molar-refractivity contribution is 6.06. The molecule has 3 heteroatoms. The Labute approximate surface area is 139 Å². The number of benzene rings is 2. The van der Waals surface area contributed by atoms with E-state index in [1.807, 2.05) is 42.5 Å². The zero-order chi connectivity index (χ0) is 16.5. The van der Waals surface area contributed by atoms with Gasteiger partial charge >= 0.3 is 0 Å². The van der Waals surface area contributed by atoms with Crippen molar-refractivity contribution in [3.05, 3.63) is 48.0 Å². The Bertz CT molecular complexity index is 615. The normalized spacial score (nSPS) is 11.1. The van der Waals surface area contributed by atoms with Crippen LogP contribution in [0.5, 0.6) is 0 Å². The third kappa shape index (κ3) is 5.07. The summed E-state index contributed by atoms with van der Waals surface area (Å²) in [6.45, 7) is 8.55. The van der Waals surface area contributed by atoms with Crippen molar-refractivity contribution in [3.63, 3.8) is 0 Å². The van der Waals surface area contributed by atoms with E-state index in [0.717, 1.165) is 55.4 Å². The maximum Gasteiger partial charge on any atom is 0.251 e. The summed E-state index contributed by atoms with van der Waals surface area (Å²) in [6.07, 6.45) is 3.40. The summed E-state index contributed by atoms with van der Waals surface area (Å²) in [5.74, 6) is 0.0329. The van der Waals surface area contributed by atoms with Gasteiger partial charge in [-0.2, -0.15) is 0 Å². The van der Waals surface area contributed by atoms with Crippen molar-refractivity contribution < 1.29 is 4.79 Å². The fraction of sp³-hybridized carbons (Fsp3) is 0.450. The van der Waals surface area contributed by atoms with E-state index in [1.165, 1.54) is 6.42 Å². The average molecular weight is 312 g/mol. The molecule has 0 aliphatic carbocycles. The third-order valence-corrected chi connectivity index (χ3v) is 4.37. The summed E-state index contributed by atoms with van der Waals surface area (Å²) in [5, 5.41) is 5.19. The summed E-state index contributed by atoms with van der Waals surface area (Å²) in [6, 6.07) is 13.9. The van der Waals surface area contributed by atoms with Crippen LogP contribution in [0.4, 0.5) is 0 Å². The van der Waals surface area contributed by atoms with Gasteiger partial charge in [-0.25, -0.2) is 0 Å². The van der Waals surface area contributed by atoms with Crippen LogP contribution in [0, 0.1) is 0 Å². The first-order valence-electron chi connectivity index (χ1n) is 8.74. The second kappa shape index (κ2) is 9.31. The molecule has 0 unspecified atom stereocenters. The van der Waals surface area contributed by atoms with Gasteiger partial charge in [0.05, 0.1) is 0 Å². The van der Waals surface area contributed by atoms with Gasteiger partial charge in [-0.15, -0.1) is 0 Å².